The summed E-state index contributed by atoms with van der Waals surface area (Å²) in [6.45, 7) is 4.25. The first-order valence-electron chi connectivity index (χ1n) is 9.66. The molecule has 0 bridgehead atoms. The van der Waals surface area contributed by atoms with E-state index < -0.39 is 0 Å². The first kappa shape index (κ1) is 18.2. The molecule has 0 aromatic rings. The molecule has 2 amide bonds. The van der Waals surface area contributed by atoms with E-state index in [1.807, 2.05) is 0 Å². The molecule has 0 spiro atoms. The predicted molar refractivity (Wildman–Crippen MR) is 94.0 cm³/mol. The lowest BCUT2D eigenvalue weighted by Crippen LogP contribution is -2.54. The molecule has 130 valence electrons. The van der Waals surface area contributed by atoms with Crippen molar-refractivity contribution in [3.8, 4) is 0 Å². The molecular formula is C20H33NO2. The quantitative estimate of drug-likeness (QED) is 0.686. The SMILES string of the molecule is CCC(C)(C1CCCCCCCCCCC1)N1C(=O)C=CC1=O. The van der Waals surface area contributed by atoms with Gasteiger partial charge >= 0.3 is 0 Å². The van der Waals surface area contributed by atoms with Crippen molar-refractivity contribution in [2.45, 2.75) is 96.4 Å². The van der Waals surface area contributed by atoms with Crippen LogP contribution in [0.1, 0.15) is 90.9 Å². The average molecular weight is 319 g/mol. The summed E-state index contributed by atoms with van der Waals surface area (Å²) in [5.74, 6) is 0.190. The smallest absolute Gasteiger partial charge is 0.254 e. The second-order valence-electron chi connectivity index (χ2n) is 7.51. The Labute approximate surface area is 141 Å². The second kappa shape index (κ2) is 8.65. The molecular weight excluding hydrogens is 286 g/mol. The number of rotatable bonds is 3. The topological polar surface area (TPSA) is 37.4 Å². The van der Waals surface area contributed by atoms with Crippen LogP contribution in [0, 0.1) is 5.92 Å². The van der Waals surface area contributed by atoms with Gasteiger partial charge in [-0.25, -0.2) is 0 Å². The molecule has 3 heteroatoms. The Hall–Kier alpha value is -1.12. The van der Waals surface area contributed by atoms with Gasteiger partial charge in [-0.2, -0.15) is 0 Å². The molecule has 1 atom stereocenters. The second-order valence-corrected chi connectivity index (χ2v) is 7.51. The third-order valence-corrected chi connectivity index (χ3v) is 6.02. The minimum absolute atomic E-state index is 0.120. The predicted octanol–water partition coefficient (Wildman–Crippen LogP) is 5.00. The lowest BCUT2D eigenvalue weighted by atomic mass is 9.75. The van der Waals surface area contributed by atoms with Crippen LogP contribution in [-0.2, 0) is 9.59 Å². The molecule has 1 heterocycles. The summed E-state index contributed by atoms with van der Waals surface area (Å²) in [4.78, 5) is 26.0. The first-order valence-corrected chi connectivity index (χ1v) is 9.66. The van der Waals surface area contributed by atoms with Gasteiger partial charge < -0.3 is 0 Å². The third-order valence-electron chi connectivity index (χ3n) is 6.02. The van der Waals surface area contributed by atoms with Gasteiger partial charge in [0.05, 0.1) is 5.54 Å². The summed E-state index contributed by atoms with van der Waals surface area (Å²) < 4.78 is 0. The molecule has 1 aliphatic heterocycles. The maximum absolute atomic E-state index is 12.2. The molecule has 2 aliphatic rings. The van der Waals surface area contributed by atoms with Crippen molar-refractivity contribution >= 4 is 11.8 Å². The zero-order valence-electron chi connectivity index (χ0n) is 15.0. The Morgan fingerprint density at radius 1 is 0.870 bits per heavy atom. The summed E-state index contributed by atoms with van der Waals surface area (Å²) in [5, 5.41) is 0. The molecule has 3 nitrogen and oxygen atoms in total. The Balaban J connectivity index is 2.10. The highest BCUT2D eigenvalue weighted by atomic mass is 16.2. The van der Waals surface area contributed by atoms with Gasteiger partial charge in [0.1, 0.15) is 0 Å². The van der Waals surface area contributed by atoms with E-state index in [0.29, 0.717) is 5.92 Å². The van der Waals surface area contributed by atoms with Gasteiger partial charge in [0.25, 0.3) is 11.8 Å². The minimum Gasteiger partial charge on any atom is -0.269 e. The fourth-order valence-electron chi connectivity index (χ4n) is 4.32. The number of amides is 2. The fourth-order valence-corrected chi connectivity index (χ4v) is 4.32. The Morgan fingerprint density at radius 2 is 1.26 bits per heavy atom. The maximum atomic E-state index is 12.2. The summed E-state index contributed by atoms with van der Waals surface area (Å²) >= 11 is 0. The van der Waals surface area contributed by atoms with Crippen LogP contribution in [0.25, 0.3) is 0 Å². The van der Waals surface area contributed by atoms with Gasteiger partial charge in [-0.05, 0) is 32.1 Å². The van der Waals surface area contributed by atoms with Crippen LogP contribution >= 0.6 is 0 Å². The van der Waals surface area contributed by atoms with Crippen molar-refractivity contribution in [1.29, 1.82) is 0 Å². The zero-order chi connectivity index (χ0) is 16.7. The summed E-state index contributed by atoms with van der Waals surface area (Å²) in [6.07, 6.45) is 17.8. The van der Waals surface area contributed by atoms with Crippen molar-refractivity contribution in [3.63, 3.8) is 0 Å². The molecule has 1 unspecified atom stereocenters. The Bertz CT molecular complexity index is 413. The van der Waals surface area contributed by atoms with Crippen molar-refractivity contribution in [2.24, 2.45) is 5.92 Å². The average Bonchev–Trinajstić information content (AvgIpc) is 2.86. The molecule has 0 radical (unpaired) electrons. The Morgan fingerprint density at radius 3 is 1.65 bits per heavy atom. The lowest BCUT2D eigenvalue weighted by molar-refractivity contribution is -0.146. The van der Waals surface area contributed by atoms with Gasteiger partial charge in [-0.1, -0.05) is 64.7 Å². The van der Waals surface area contributed by atoms with E-state index in [1.54, 1.807) is 4.90 Å². The van der Waals surface area contributed by atoms with Crippen LogP contribution in [0.5, 0.6) is 0 Å². The van der Waals surface area contributed by atoms with Crippen LogP contribution in [0.4, 0.5) is 0 Å². The maximum Gasteiger partial charge on any atom is 0.254 e. The number of carbonyl (C=O) groups is 2. The molecule has 1 fully saturated rings. The largest absolute Gasteiger partial charge is 0.269 e. The monoisotopic (exact) mass is 319 g/mol. The molecule has 0 aromatic heterocycles. The molecule has 0 aromatic carbocycles. The van der Waals surface area contributed by atoms with Gasteiger partial charge in [0.15, 0.2) is 0 Å². The van der Waals surface area contributed by atoms with E-state index >= 15 is 0 Å². The van der Waals surface area contributed by atoms with Gasteiger partial charge in [0, 0.05) is 12.2 Å². The fraction of sp³-hybridized carbons (Fsp3) is 0.800. The summed E-state index contributed by atoms with van der Waals surface area (Å²) in [5.41, 5.74) is -0.332. The van der Waals surface area contributed by atoms with Gasteiger partial charge in [-0.3, -0.25) is 14.5 Å². The summed E-state index contributed by atoms with van der Waals surface area (Å²) in [6, 6.07) is 0. The number of carbonyl (C=O) groups excluding carboxylic acids is 2. The van der Waals surface area contributed by atoms with Crippen LogP contribution in [0.3, 0.4) is 0 Å². The van der Waals surface area contributed by atoms with Gasteiger partial charge in [-0.15, -0.1) is 0 Å². The van der Waals surface area contributed by atoms with Crippen molar-refractivity contribution < 1.29 is 9.59 Å². The lowest BCUT2D eigenvalue weighted by Gasteiger charge is -2.43. The van der Waals surface area contributed by atoms with E-state index in [4.69, 9.17) is 0 Å². The highest BCUT2D eigenvalue weighted by Gasteiger charge is 2.44. The van der Waals surface area contributed by atoms with Crippen molar-refractivity contribution in [3.05, 3.63) is 12.2 Å². The van der Waals surface area contributed by atoms with Gasteiger partial charge in [0.2, 0.25) is 0 Å². The third kappa shape index (κ3) is 4.45. The first-order chi connectivity index (χ1) is 11.1. The standard InChI is InChI=1S/C20H33NO2/c1-3-20(2,21-18(22)15-16-19(21)23)17-13-11-9-7-5-4-6-8-10-12-14-17/h15-17H,3-14H2,1-2H3. The molecule has 1 aliphatic carbocycles. The van der Waals surface area contributed by atoms with E-state index in [1.165, 1.54) is 69.9 Å². The molecule has 0 N–H and O–H groups in total. The number of nitrogens with zero attached hydrogens (tertiary/aromatic N) is 1. The van der Waals surface area contributed by atoms with E-state index in [-0.39, 0.29) is 17.4 Å². The van der Waals surface area contributed by atoms with Crippen LogP contribution in [-0.4, -0.2) is 22.3 Å². The van der Waals surface area contributed by atoms with Crippen LogP contribution < -0.4 is 0 Å². The number of hydrogen-bond acceptors (Lipinski definition) is 2. The number of hydrogen-bond donors (Lipinski definition) is 0. The zero-order valence-corrected chi connectivity index (χ0v) is 15.0. The highest BCUT2D eigenvalue weighted by molar-refractivity contribution is 6.13. The highest BCUT2D eigenvalue weighted by Crippen LogP contribution is 2.38. The van der Waals surface area contributed by atoms with Crippen LogP contribution in [0.15, 0.2) is 12.2 Å². The van der Waals surface area contributed by atoms with E-state index in [2.05, 4.69) is 13.8 Å². The normalized spacial score (nSPS) is 25.0. The van der Waals surface area contributed by atoms with Crippen molar-refractivity contribution in [1.82, 2.24) is 4.90 Å². The molecule has 0 saturated heterocycles. The molecule has 2 rings (SSSR count). The molecule has 1 saturated carbocycles. The van der Waals surface area contributed by atoms with E-state index in [0.717, 1.165) is 19.3 Å². The number of imide groups is 1. The van der Waals surface area contributed by atoms with E-state index in [9.17, 15) is 9.59 Å². The minimum atomic E-state index is -0.332. The Kier molecular flexibility index (Phi) is 6.86. The van der Waals surface area contributed by atoms with Crippen molar-refractivity contribution in [2.75, 3.05) is 0 Å². The van der Waals surface area contributed by atoms with Crippen LogP contribution in [0.2, 0.25) is 0 Å². The summed E-state index contributed by atoms with van der Waals surface area (Å²) in [7, 11) is 0. The molecule has 23 heavy (non-hydrogen) atoms.